The van der Waals surface area contributed by atoms with Gasteiger partial charge in [0, 0.05) is 19.7 Å². The zero-order valence-corrected chi connectivity index (χ0v) is 9.69. The number of nitrogens with zero attached hydrogens (tertiary/aromatic N) is 3. The van der Waals surface area contributed by atoms with Crippen LogP contribution in [0.1, 0.15) is 12.8 Å². The van der Waals surface area contributed by atoms with Crippen LogP contribution < -0.4 is 10.6 Å². The van der Waals surface area contributed by atoms with Gasteiger partial charge >= 0.3 is 0 Å². The molecule has 16 heavy (non-hydrogen) atoms. The van der Waals surface area contributed by atoms with Crippen LogP contribution in [0.3, 0.4) is 0 Å². The molecule has 1 aromatic rings. The fourth-order valence-electron chi connectivity index (χ4n) is 1.92. The molecule has 1 saturated heterocycles. The summed E-state index contributed by atoms with van der Waals surface area (Å²) in [6, 6.07) is 0. The summed E-state index contributed by atoms with van der Waals surface area (Å²) in [4.78, 5) is 10.1. The second-order valence-electron chi connectivity index (χ2n) is 4.01. The van der Waals surface area contributed by atoms with Crippen molar-refractivity contribution in [1.29, 1.82) is 0 Å². The lowest BCUT2D eigenvalue weighted by atomic mass is 9.98. The first-order valence-electron chi connectivity index (χ1n) is 5.34. The molecule has 1 aliphatic rings. The summed E-state index contributed by atoms with van der Waals surface area (Å²) in [5.41, 5.74) is 5.63. The average Bonchev–Trinajstić information content (AvgIpc) is 2.33. The number of hydrogen-bond donors (Lipinski definition) is 2. The van der Waals surface area contributed by atoms with Gasteiger partial charge in [-0.25, -0.2) is 9.97 Å². The molecule has 0 radical (unpaired) electrons. The molecular weight excluding hydrogens is 228 g/mol. The third kappa shape index (κ3) is 2.20. The fourth-order valence-corrected chi connectivity index (χ4v) is 2.14. The lowest BCUT2D eigenvalue weighted by molar-refractivity contribution is 0.203. The molecule has 2 heterocycles. The highest BCUT2D eigenvalue weighted by Crippen LogP contribution is 2.29. The van der Waals surface area contributed by atoms with Crippen molar-refractivity contribution < 1.29 is 5.11 Å². The summed E-state index contributed by atoms with van der Waals surface area (Å²) in [6.45, 7) is 1.95. The summed E-state index contributed by atoms with van der Waals surface area (Å²) in [5.74, 6) is 1.41. The molecule has 6 heteroatoms. The number of piperidine rings is 1. The van der Waals surface area contributed by atoms with Crippen LogP contribution in [-0.2, 0) is 0 Å². The Balaban J connectivity index is 2.11. The number of aromatic nitrogens is 2. The predicted molar refractivity (Wildman–Crippen MR) is 63.5 cm³/mol. The van der Waals surface area contributed by atoms with Crippen LogP contribution in [0.4, 0.5) is 11.6 Å². The van der Waals surface area contributed by atoms with Crippen molar-refractivity contribution >= 4 is 23.2 Å². The van der Waals surface area contributed by atoms with E-state index in [2.05, 4.69) is 14.9 Å². The van der Waals surface area contributed by atoms with Crippen molar-refractivity contribution in [2.24, 2.45) is 5.92 Å². The Labute approximate surface area is 99.3 Å². The molecule has 0 aliphatic carbocycles. The van der Waals surface area contributed by atoms with Gasteiger partial charge < -0.3 is 15.7 Å². The van der Waals surface area contributed by atoms with E-state index in [1.165, 1.54) is 6.33 Å². The highest BCUT2D eigenvalue weighted by molar-refractivity contribution is 6.35. The smallest absolute Gasteiger partial charge is 0.153 e. The number of aliphatic hydroxyl groups excluding tert-OH is 1. The molecule has 3 N–H and O–H groups in total. The maximum atomic E-state index is 9.06. The van der Waals surface area contributed by atoms with Crippen molar-refractivity contribution in [3.8, 4) is 0 Å². The van der Waals surface area contributed by atoms with E-state index in [0.717, 1.165) is 25.9 Å². The molecule has 0 aromatic carbocycles. The fraction of sp³-hybridized carbons (Fsp3) is 0.600. The standard InChI is InChI=1S/C10H15ClN4O/c11-8-9(12)13-6-14-10(8)15-3-1-7(5-16)2-4-15/h6-7,16H,1-5H2,(H2,12,13,14). The third-order valence-electron chi connectivity index (χ3n) is 2.97. The van der Waals surface area contributed by atoms with E-state index in [1.54, 1.807) is 0 Å². The van der Waals surface area contributed by atoms with E-state index in [9.17, 15) is 0 Å². The summed E-state index contributed by atoms with van der Waals surface area (Å²) in [5, 5.41) is 9.48. The molecule has 88 valence electrons. The summed E-state index contributed by atoms with van der Waals surface area (Å²) in [6.07, 6.45) is 3.34. The molecule has 0 amide bonds. The van der Waals surface area contributed by atoms with Crippen molar-refractivity contribution in [2.45, 2.75) is 12.8 Å². The molecule has 0 spiro atoms. The number of aliphatic hydroxyl groups is 1. The van der Waals surface area contributed by atoms with Gasteiger partial charge in [0.15, 0.2) is 5.82 Å². The summed E-state index contributed by atoms with van der Waals surface area (Å²) >= 11 is 6.06. The molecule has 0 saturated carbocycles. The van der Waals surface area contributed by atoms with E-state index >= 15 is 0 Å². The molecule has 1 aliphatic heterocycles. The average molecular weight is 243 g/mol. The van der Waals surface area contributed by atoms with Crippen LogP contribution in [0.2, 0.25) is 5.02 Å². The topological polar surface area (TPSA) is 75.3 Å². The lowest BCUT2D eigenvalue weighted by Gasteiger charge is -2.32. The van der Waals surface area contributed by atoms with Crippen LogP contribution in [0.25, 0.3) is 0 Å². The van der Waals surface area contributed by atoms with Crippen LogP contribution >= 0.6 is 11.6 Å². The Morgan fingerprint density at radius 3 is 2.75 bits per heavy atom. The van der Waals surface area contributed by atoms with Gasteiger partial charge in [0.25, 0.3) is 0 Å². The first-order chi connectivity index (χ1) is 7.72. The Morgan fingerprint density at radius 2 is 2.12 bits per heavy atom. The second kappa shape index (κ2) is 4.84. The van der Waals surface area contributed by atoms with Crippen LogP contribution in [0.5, 0.6) is 0 Å². The predicted octanol–water partition coefficient (Wildman–Crippen LogP) is 0.921. The van der Waals surface area contributed by atoms with Gasteiger partial charge in [-0.1, -0.05) is 11.6 Å². The van der Waals surface area contributed by atoms with Gasteiger partial charge in [0.1, 0.15) is 17.2 Å². The second-order valence-corrected chi connectivity index (χ2v) is 4.39. The van der Waals surface area contributed by atoms with Gasteiger partial charge in [-0.05, 0) is 18.8 Å². The van der Waals surface area contributed by atoms with Crippen LogP contribution in [0.15, 0.2) is 6.33 Å². The normalized spacial score (nSPS) is 17.8. The third-order valence-corrected chi connectivity index (χ3v) is 3.33. The van der Waals surface area contributed by atoms with E-state index < -0.39 is 0 Å². The molecule has 1 aromatic heterocycles. The zero-order valence-electron chi connectivity index (χ0n) is 8.93. The molecule has 0 bridgehead atoms. The quantitative estimate of drug-likeness (QED) is 0.807. The number of halogens is 1. The number of anilines is 2. The lowest BCUT2D eigenvalue weighted by Crippen LogP contribution is -2.35. The molecule has 0 unspecified atom stereocenters. The van der Waals surface area contributed by atoms with Gasteiger partial charge in [0.2, 0.25) is 0 Å². The number of nitrogens with two attached hydrogens (primary N) is 1. The number of hydrogen-bond acceptors (Lipinski definition) is 5. The summed E-state index contributed by atoms with van der Waals surface area (Å²) < 4.78 is 0. The minimum atomic E-state index is 0.257. The van der Waals surface area contributed by atoms with Crippen molar-refractivity contribution in [3.05, 3.63) is 11.3 Å². The maximum Gasteiger partial charge on any atom is 0.153 e. The minimum Gasteiger partial charge on any atom is -0.396 e. The van der Waals surface area contributed by atoms with E-state index in [0.29, 0.717) is 22.6 Å². The van der Waals surface area contributed by atoms with Crippen molar-refractivity contribution in [3.63, 3.8) is 0 Å². The SMILES string of the molecule is Nc1ncnc(N2CCC(CO)CC2)c1Cl. The van der Waals surface area contributed by atoms with Crippen molar-refractivity contribution in [1.82, 2.24) is 9.97 Å². The van der Waals surface area contributed by atoms with Gasteiger partial charge in [0.05, 0.1) is 0 Å². The Bertz CT molecular complexity index is 366. The largest absolute Gasteiger partial charge is 0.396 e. The van der Waals surface area contributed by atoms with Gasteiger partial charge in [-0.15, -0.1) is 0 Å². The van der Waals surface area contributed by atoms with E-state index in [-0.39, 0.29) is 6.61 Å². The first-order valence-corrected chi connectivity index (χ1v) is 5.72. The zero-order chi connectivity index (χ0) is 11.5. The van der Waals surface area contributed by atoms with Gasteiger partial charge in [-0.2, -0.15) is 0 Å². The van der Waals surface area contributed by atoms with Crippen LogP contribution in [0, 0.1) is 5.92 Å². The molecular formula is C10H15ClN4O. The monoisotopic (exact) mass is 242 g/mol. The summed E-state index contributed by atoms with van der Waals surface area (Å²) in [7, 11) is 0. The maximum absolute atomic E-state index is 9.06. The Hall–Kier alpha value is -1.07. The highest BCUT2D eigenvalue weighted by Gasteiger charge is 2.21. The first kappa shape index (κ1) is 11.4. The van der Waals surface area contributed by atoms with E-state index in [4.69, 9.17) is 22.4 Å². The molecule has 0 atom stereocenters. The van der Waals surface area contributed by atoms with Gasteiger partial charge in [-0.3, -0.25) is 0 Å². The molecule has 5 nitrogen and oxygen atoms in total. The van der Waals surface area contributed by atoms with Crippen molar-refractivity contribution in [2.75, 3.05) is 30.3 Å². The van der Waals surface area contributed by atoms with Crippen LogP contribution in [-0.4, -0.2) is 34.8 Å². The Morgan fingerprint density at radius 1 is 1.44 bits per heavy atom. The van der Waals surface area contributed by atoms with E-state index in [1.807, 2.05) is 0 Å². The number of nitrogen functional groups attached to an aromatic ring is 1. The highest BCUT2D eigenvalue weighted by atomic mass is 35.5. The molecule has 1 fully saturated rings. The minimum absolute atomic E-state index is 0.257. The Kier molecular flexibility index (Phi) is 3.46. The number of rotatable bonds is 2. The molecule has 2 rings (SSSR count).